The summed E-state index contributed by atoms with van der Waals surface area (Å²) in [5.74, 6) is 1.35. The van der Waals surface area contributed by atoms with E-state index in [1.165, 1.54) is 0 Å². The number of amides is 2. The van der Waals surface area contributed by atoms with Crippen LogP contribution in [0.15, 0.2) is 24.3 Å². The zero-order valence-electron chi connectivity index (χ0n) is 11.9. The van der Waals surface area contributed by atoms with Gasteiger partial charge in [-0.3, -0.25) is 0 Å². The van der Waals surface area contributed by atoms with Crippen molar-refractivity contribution in [3.63, 3.8) is 0 Å². The minimum absolute atomic E-state index is 0.0121. The molecule has 2 heterocycles. The van der Waals surface area contributed by atoms with Gasteiger partial charge in [-0.15, -0.1) is 0 Å². The van der Waals surface area contributed by atoms with Crippen molar-refractivity contribution in [1.82, 2.24) is 10.2 Å². The highest BCUT2D eigenvalue weighted by Crippen LogP contribution is 2.32. The van der Waals surface area contributed by atoms with E-state index in [-0.39, 0.29) is 6.03 Å². The second-order valence-electron chi connectivity index (χ2n) is 5.64. The summed E-state index contributed by atoms with van der Waals surface area (Å²) in [5.41, 5.74) is 0.774. The first-order valence-corrected chi connectivity index (χ1v) is 7.13. The fraction of sp³-hybridized carbons (Fsp3) is 0.533. The zero-order valence-corrected chi connectivity index (χ0v) is 11.9. The predicted molar refractivity (Wildman–Crippen MR) is 78.1 cm³/mol. The van der Waals surface area contributed by atoms with Gasteiger partial charge in [0.25, 0.3) is 0 Å². The van der Waals surface area contributed by atoms with Crippen molar-refractivity contribution in [2.75, 3.05) is 25.5 Å². The zero-order chi connectivity index (χ0) is 14.1. The van der Waals surface area contributed by atoms with Gasteiger partial charge in [-0.2, -0.15) is 0 Å². The molecule has 108 valence electrons. The molecule has 0 spiro atoms. The predicted octanol–water partition coefficient (Wildman–Crippen LogP) is 1.91. The van der Waals surface area contributed by atoms with E-state index in [0.29, 0.717) is 18.0 Å². The van der Waals surface area contributed by atoms with Crippen LogP contribution in [0.3, 0.4) is 0 Å². The maximum atomic E-state index is 12.5. The number of nitrogens with zero attached hydrogens (tertiary/aromatic N) is 1. The van der Waals surface area contributed by atoms with Crippen LogP contribution in [0.4, 0.5) is 10.5 Å². The van der Waals surface area contributed by atoms with E-state index in [9.17, 15) is 4.79 Å². The standard InChI is InChI=1S/C15H21N3O2/c1-10-6-11-8-16-9-14(11)18(10)15(19)17-12-4-3-5-13(7-12)20-2/h3-5,7,10-11,14,16H,6,8-9H2,1-2H3,(H,17,19). The van der Waals surface area contributed by atoms with E-state index in [4.69, 9.17) is 4.74 Å². The number of carbonyl (C=O) groups is 1. The molecule has 2 amide bonds. The minimum atomic E-state index is -0.0121. The van der Waals surface area contributed by atoms with Crippen LogP contribution in [0.1, 0.15) is 13.3 Å². The molecule has 2 aliphatic heterocycles. The molecule has 2 fully saturated rings. The molecule has 1 aromatic rings. The van der Waals surface area contributed by atoms with E-state index in [0.717, 1.165) is 30.9 Å². The molecule has 0 radical (unpaired) electrons. The molecule has 3 rings (SSSR count). The van der Waals surface area contributed by atoms with E-state index >= 15 is 0 Å². The topological polar surface area (TPSA) is 53.6 Å². The van der Waals surface area contributed by atoms with Gasteiger partial charge in [0.15, 0.2) is 0 Å². The van der Waals surface area contributed by atoms with Crippen molar-refractivity contribution >= 4 is 11.7 Å². The largest absolute Gasteiger partial charge is 0.497 e. The van der Waals surface area contributed by atoms with Gasteiger partial charge in [-0.1, -0.05) is 6.07 Å². The summed E-state index contributed by atoms with van der Waals surface area (Å²) in [5, 5.41) is 6.35. The number of hydrogen-bond donors (Lipinski definition) is 2. The summed E-state index contributed by atoms with van der Waals surface area (Å²) in [7, 11) is 1.62. The fourth-order valence-corrected chi connectivity index (χ4v) is 3.40. The molecule has 5 nitrogen and oxygen atoms in total. The third-order valence-corrected chi connectivity index (χ3v) is 4.34. The molecular weight excluding hydrogens is 254 g/mol. The number of rotatable bonds is 2. The number of fused-ring (bicyclic) bond motifs is 1. The van der Waals surface area contributed by atoms with Gasteiger partial charge in [-0.25, -0.2) is 4.79 Å². The Labute approximate surface area is 119 Å². The number of ether oxygens (including phenoxy) is 1. The molecule has 5 heteroatoms. The molecule has 2 saturated heterocycles. The van der Waals surface area contributed by atoms with Crippen LogP contribution in [-0.4, -0.2) is 43.2 Å². The average molecular weight is 275 g/mol. The molecule has 0 aromatic heterocycles. The Balaban J connectivity index is 1.72. The van der Waals surface area contributed by atoms with Crippen LogP contribution in [-0.2, 0) is 0 Å². The first-order valence-electron chi connectivity index (χ1n) is 7.13. The third-order valence-electron chi connectivity index (χ3n) is 4.34. The smallest absolute Gasteiger partial charge is 0.322 e. The molecule has 3 atom stereocenters. The molecule has 0 aliphatic carbocycles. The van der Waals surface area contributed by atoms with Gasteiger partial charge < -0.3 is 20.3 Å². The highest BCUT2D eigenvalue weighted by Gasteiger charge is 2.44. The van der Waals surface area contributed by atoms with Crippen LogP contribution in [0, 0.1) is 5.92 Å². The number of anilines is 1. The Kier molecular flexibility index (Phi) is 3.53. The minimum Gasteiger partial charge on any atom is -0.497 e. The monoisotopic (exact) mass is 275 g/mol. The summed E-state index contributed by atoms with van der Waals surface area (Å²) in [6.07, 6.45) is 1.09. The van der Waals surface area contributed by atoms with Crippen LogP contribution in [0.5, 0.6) is 5.75 Å². The number of urea groups is 1. The Morgan fingerprint density at radius 1 is 1.45 bits per heavy atom. The van der Waals surface area contributed by atoms with E-state index in [1.54, 1.807) is 7.11 Å². The Morgan fingerprint density at radius 3 is 3.10 bits per heavy atom. The molecule has 0 saturated carbocycles. The number of likely N-dealkylation sites (tertiary alicyclic amines) is 1. The summed E-state index contributed by atoms with van der Waals surface area (Å²) >= 11 is 0. The first-order chi connectivity index (χ1) is 9.69. The summed E-state index contributed by atoms with van der Waals surface area (Å²) < 4.78 is 5.18. The van der Waals surface area contributed by atoms with Crippen molar-refractivity contribution in [3.8, 4) is 5.75 Å². The van der Waals surface area contributed by atoms with Gasteiger partial charge in [0.1, 0.15) is 5.75 Å². The van der Waals surface area contributed by atoms with Crippen LogP contribution in [0.25, 0.3) is 0 Å². The third kappa shape index (κ3) is 2.33. The van der Waals surface area contributed by atoms with Gasteiger partial charge in [-0.05, 0) is 31.4 Å². The Bertz CT molecular complexity index is 506. The summed E-state index contributed by atoms with van der Waals surface area (Å²) in [6, 6.07) is 8.08. The Morgan fingerprint density at radius 2 is 2.30 bits per heavy atom. The number of benzene rings is 1. The highest BCUT2D eigenvalue weighted by molar-refractivity contribution is 5.90. The highest BCUT2D eigenvalue weighted by atomic mass is 16.5. The van der Waals surface area contributed by atoms with E-state index < -0.39 is 0 Å². The number of hydrogen-bond acceptors (Lipinski definition) is 3. The first kappa shape index (κ1) is 13.2. The lowest BCUT2D eigenvalue weighted by Crippen LogP contribution is -2.45. The van der Waals surface area contributed by atoms with E-state index in [1.807, 2.05) is 29.2 Å². The van der Waals surface area contributed by atoms with E-state index in [2.05, 4.69) is 17.6 Å². The summed E-state index contributed by atoms with van der Waals surface area (Å²) in [6.45, 7) is 4.06. The molecule has 20 heavy (non-hydrogen) atoms. The van der Waals surface area contributed by atoms with Crippen LogP contribution < -0.4 is 15.4 Å². The maximum Gasteiger partial charge on any atom is 0.322 e. The second kappa shape index (κ2) is 5.32. The number of methoxy groups -OCH3 is 1. The lowest BCUT2D eigenvalue weighted by atomic mass is 10.0. The van der Waals surface area contributed by atoms with Crippen molar-refractivity contribution in [2.45, 2.75) is 25.4 Å². The maximum absolute atomic E-state index is 12.5. The van der Waals surface area contributed by atoms with Gasteiger partial charge in [0.2, 0.25) is 0 Å². The van der Waals surface area contributed by atoms with Gasteiger partial charge in [0, 0.05) is 30.9 Å². The molecule has 1 aromatic carbocycles. The number of carbonyl (C=O) groups excluding carboxylic acids is 1. The van der Waals surface area contributed by atoms with Crippen molar-refractivity contribution in [1.29, 1.82) is 0 Å². The van der Waals surface area contributed by atoms with Gasteiger partial charge in [0.05, 0.1) is 13.2 Å². The molecule has 0 bridgehead atoms. The van der Waals surface area contributed by atoms with Crippen LogP contribution >= 0.6 is 0 Å². The van der Waals surface area contributed by atoms with Crippen molar-refractivity contribution in [3.05, 3.63) is 24.3 Å². The SMILES string of the molecule is COc1cccc(NC(=O)N2C(C)CC3CNCC32)c1. The summed E-state index contributed by atoms with van der Waals surface area (Å²) in [4.78, 5) is 14.5. The fourth-order valence-electron chi connectivity index (χ4n) is 3.40. The second-order valence-corrected chi connectivity index (χ2v) is 5.64. The molecule has 3 unspecified atom stereocenters. The normalized spacial score (nSPS) is 28.3. The van der Waals surface area contributed by atoms with Gasteiger partial charge >= 0.3 is 6.03 Å². The lowest BCUT2D eigenvalue weighted by molar-refractivity contribution is 0.190. The van der Waals surface area contributed by atoms with Crippen molar-refractivity contribution in [2.24, 2.45) is 5.92 Å². The lowest BCUT2D eigenvalue weighted by Gasteiger charge is -2.27. The Hall–Kier alpha value is -1.75. The quantitative estimate of drug-likeness (QED) is 0.867. The van der Waals surface area contributed by atoms with Crippen molar-refractivity contribution < 1.29 is 9.53 Å². The molecule has 2 N–H and O–H groups in total. The number of nitrogens with one attached hydrogen (secondary N) is 2. The average Bonchev–Trinajstić information content (AvgIpc) is 2.98. The molecule has 2 aliphatic rings. The van der Waals surface area contributed by atoms with Crippen LogP contribution in [0.2, 0.25) is 0 Å². The molecular formula is C15H21N3O2.